The number of carbonyl (C=O) groups excluding carboxylic acids is 1. The van der Waals surface area contributed by atoms with Crippen molar-refractivity contribution in [2.24, 2.45) is 5.92 Å². The maximum atomic E-state index is 13.2. The van der Waals surface area contributed by atoms with Crippen molar-refractivity contribution in [3.8, 4) is 22.9 Å². The number of benzene rings is 1. The minimum atomic E-state index is -3.76. The number of thiophene rings is 1. The van der Waals surface area contributed by atoms with Gasteiger partial charge in [0, 0.05) is 37.0 Å². The Morgan fingerprint density at radius 2 is 2.09 bits per heavy atom. The molecule has 0 bridgehead atoms. The maximum absolute atomic E-state index is 13.2. The van der Waals surface area contributed by atoms with Crippen LogP contribution in [0.3, 0.4) is 0 Å². The number of methoxy groups -OCH3 is 2. The van der Waals surface area contributed by atoms with Crippen LogP contribution < -0.4 is 14.8 Å². The van der Waals surface area contributed by atoms with E-state index in [9.17, 15) is 13.2 Å². The number of rotatable bonds is 7. The molecule has 1 aromatic carbocycles. The number of nitrogens with zero attached hydrogens (tertiary/aromatic N) is 3. The third-order valence-corrected chi connectivity index (χ3v) is 8.66. The van der Waals surface area contributed by atoms with Crippen LogP contribution in [-0.4, -0.2) is 56.1 Å². The molecule has 0 saturated carbocycles. The van der Waals surface area contributed by atoms with Gasteiger partial charge in [-0.1, -0.05) is 5.16 Å². The fourth-order valence-electron chi connectivity index (χ4n) is 3.62. The van der Waals surface area contributed by atoms with Crippen LogP contribution in [0, 0.1) is 12.8 Å². The first-order chi connectivity index (χ1) is 15.8. The number of hydrogen-bond donors (Lipinski definition) is 1. The molecule has 10 nitrogen and oxygen atoms in total. The lowest BCUT2D eigenvalue weighted by molar-refractivity contribution is -0.120. The average molecular weight is 493 g/mol. The van der Waals surface area contributed by atoms with Crippen molar-refractivity contribution < 1.29 is 27.2 Å². The van der Waals surface area contributed by atoms with Crippen LogP contribution in [-0.2, 0) is 14.8 Å². The van der Waals surface area contributed by atoms with Gasteiger partial charge in [0.25, 0.3) is 10.0 Å². The molecule has 1 amide bonds. The van der Waals surface area contributed by atoms with Crippen molar-refractivity contribution in [3.63, 3.8) is 0 Å². The molecule has 176 valence electrons. The van der Waals surface area contributed by atoms with Crippen molar-refractivity contribution in [2.75, 3.05) is 32.6 Å². The summed E-state index contributed by atoms with van der Waals surface area (Å²) in [7, 11) is -0.709. The topological polar surface area (TPSA) is 124 Å². The SMILES string of the molecule is COc1ccc(NC(=O)C2CCCN(S(=O)(=O)c3cc(-c4noc(C)n4)cs3)C2)c(OC)c1. The second-order valence-electron chi connectivity index (χ2n) is 7.55. The number of sulfonamides is 1. The normalized spacial score (nSPS) is 17.0. The third-order valence-electron chi connectivity index (χ3n) is 5.38. The van der Waals surface area contributed by atoms with Crippen LogP contribution in [0.15, 0.2) is 38.4 Å². The molecule has 1 aliphatic rings. The Bertz CT molecular complexity index is 1250. The van der Waals surface area contributed by atoms with Gasteiger partial charge in [-0.2, -0.15) is 9.29 Å². The first-order valence-electron chi connectivity index (χ1n) is 10.2. The first kappa shape index (κ1) is 23.2. The molecule has 12 heteroatoms. The third kappa shape index (κ3) is 4.87. The van der Waals surface area contributed by atoms with Gasteiger partial charge in [-0.25, -0.2) is 8.42 Å². The Morgan fingerprint density at radius 3 is 2.79 bits per heavy atom. The van der Waals surface area contributed by atoms with Crippen LogP contribution in [0.1, 0.15) is 18.7 Å². The summed E-state index contributed by atoms with van der Waals surface area (Å²) in [6.45, 7) is 2.12. The van der Waals surface area contributed by atoms with Crippen LogP contribution in [0.4, 0.5) is 5.69 Å². The molecular formula is C21H24N4O6S2. The number of anilines is 1. The second-order valence-corrected chi connectivity index (χ2v) is 10.6. The summed E-state index contributed by atoms with van der Waals surface area (Å²) in [5, 5.41) is 8.37. The Balaban J connectivity index is 1.48. The van der Waals surface area contributed by atoms with Gasteiger partial charge in [0.2, 0.25) is 17.6 Å². The lowest BCUT2D eigenvalue weighted by Gasteiger charge is -2.30. The van der Waals surface area contributed by atoms with E-state index in [2.05, 4.69) is 15.5 Å². The number of piperidine rings is 1. The van der Waals surface area contributed by atoms with E-state index < -0.39 is 15.9 Å². The predicted octanol–water partition coefficient (Wildman–Crippen LogP) is 3.16. The molecule has 4 rings (SSSR count). The number of aromatic nitrogens is 2. The molecule has 2 aromatic heterocycles. The van der Waals surface area contributed by atoms with Crippen LogP contribution in [0.5, 0.6) is 11.5 Å². The summed E-state index contributed by atoms with van der Waals surface area (Å²) >= 11 is 1.09. The molecule has 0 radical (unpaired) electrons. The number of hydrogen-bond acceptors (Lipinski definition) is 9. The van der Waals surface area contributed by atoms with E-state index in [1.165, 1.54) is 17.5 Å². The van der Waals surface area contributed by atoms with Gasteiger partial charge in [-0.05, 0) is 31.0 Å². The molecule has 1 aliphatic heterocycles. The van der Waals surface area contributed by atoms with E-state index in [1.807, 2.05) is 0 Å². The maximum Gasteiger partial charge on any atom is 0.252 e. The number of nitrogens with one attached hydrogen (secondary N) is 1. The minimum absolute atomic E-state index is 0.0984. The van der Waals surface area contributed by atoms with E-state index in [0.29, 0.717) is 53.9 Å². The van der Waals surface area contributed by atoms with Crippen LogP contribution in [0.2, 0.25) is 0 Å². The molecule has 3 heterocycles. The van der Waals surface area contributed by atoms with Gasteiger partial charge in [0.1, 0.15) is 15.7 Å². The summed E-state index contributed by atoms with van der Waals surface area (Å²) in [6, 6.07) is 6.62. The smallest absolute Gasteiger partial charge is 0.252 e. The van der Waals surface area contributed by atoms with E-state index in [0.717, 1.165) is 11.3 Å². The summed E-state index contributed by atoms with van der Waals surface area (Å²) in [4.78, 5) is 17.1. The summed E-state index contributed by atoms with van der Waals surface area (Å²) in [6.07, 6.45) is 1.17. The zero-order valence-corrected chi connectivity index (χ0v) is 20.0. The Labute approximate surface area is 195 Å². The van der Waals surface area contributed by atoms with Crippen molar-refractivity contribution in [1.82, 2.24) is 14.4 Å². The van der Waals surface area contributed by atoms with Gasteiger partial charge in [0.15, 0.2) is 0 Å². The summed E-state index contributed by atoms with van der Waals surface area (Å²) in [5.74, 6) is 1.07. The van der Waals surface area contributed by atoms with Crippen molar-refractivity contribution in [3.05, 3.63) is 35.5 Å². The molecule has 1 atom stereocenters. The van der Waals surface area contributed by atoms with Crippen LogP contribution in [0.25, 0.3) is 11.4 Å². The number of carbonyl (C=O) groups is 1. The highest BCUT2D eigenvalue weighted by Gasteiger charge is 2.34. The number of aryl methyl sites for hydroxylation is 1. The zero-order valence-electron chi connectivity index (χ0n) is 18.4. The predicted molar refractivity (Wildman–Crippen MR) is 122 cm³/mol. The lowest BCUT2D eigenvalue weighted by Crippen LogP contribution is -2.43. The fourth-order valence-corrected chi connectivity index (χ4v) is 6.46. The lowest BCUT2D eigenvalue weighted by atomic mass is 9.98. The molecule has 3 aromatic rings. The van der Waals surface area contributed by atoms with Gasteiger partial charge >= 0.3 is 0 Å². The molecule has 1 fully saturated rings. The van der Waals surface area contributed by atoms with Crippen molar-refractivity contribution >= 4 is 33.0 Å². The summed E-state index contributed by atoms with van der Waals surface area (Å²) in [5.41, 5.74) is 1.08. The van der Waals surface area contributed by atoms with E-state index >= 15 is 0 Å². The summed E-state index contributed by atoms with van der Waals surface area (Å²) < 4.78 is 43.5. The molecular weight excluding hydrogens is 468 g/mol. The van der Waals surface area contributed by atoms with Crippen LogP contribution >= 0.6 is 11.3 Å². The number of ether oxygens (including phenoxy) is 2. The van der Waals surface area contributed by atoms with Gasteiger partial charge in [-0.15, -0.1) is 11.3 Å². The van der Waals surface area contributed by atoms with E-state index in [-0.39, 0.29) is 16.7 Å². The van der Waals surface area contributed by atoms with E-state index in [1.54, 1.807) is 37.6 Å². The number of amides is 1. The van der Waals surface area contributed by atoms with Gasteiger partial charge in [0.05, 0.1) is 25.8 Å². The Kier molecular flexibility index (Phi) is 6.68. The highest BCUT2D eigenvalue weighted by atomic mass is 32.2. The molecule has 33 heavy (non-hydrogen) atoms. The highest BCUT2D eigenvalue weighted by Crippen LogP contribution is 2.33. The Morgan fingerprint density at radius 1 is 1.27 bits per heavy atom. The Hall–Kier alpha value is -2.96. The quantitative estimate of drug-likeness (QED) is 0.533. The largest absolute Gasteiger partial charge is 0.497 e. The molecule has 0 aliphatic carbocycles. The monoisotopic (exact) mass is 492 g/mol. The zero-order chi connectivity index (χ0) is 23.6. The van der Waals surface area contributed by atoms with Crippen molar-refractivity contribution in [1.29, 1.82) is 0 Å². The molecule has 1 saturated heterocycles. The first-order valence-corrected chi connectivity index (χ1v) is 12.6. The van der Waals surface area contributed by atoms with Crippen molar-refractivity contribution in [2.45, 2.75) is 24.0 Å². The minimum Gasteiger partial charge on any atom is -0.497 e. The standard InChI is InChI=1S/C21H24N4O6S2/c1-13-22-20(24-31-13)15-9-19(32-12-15)33(27,28)25-8-4-5-14(11-25)21(26)23-17-7-6-16(29-2)10-18(17)30-3/h6-7,9-10,12,14H,4-5,8,11H2,1-3H3,(H,23,26). The molecule has 0 spiro atoms. The average Bonchev–Trinajstić information content (AvgIpc) is 3.49. The molecule has 1 unspecified atom stereocenters. The van der Waals surface area contributed by atoms with E-state index in [4.69, 9.17) is 14.0 Å². The molecule has 1 N–H and O–H groups in total. The van der Waals surface area contributed by atoms with Gasteiger partial charge in [-0.3, -0.25) is 4.79 Å². The van der Waals surface area contributed by atoms with Gasteiger partial charge < -0.3 is 19.3 Å². The fraction of sp³-hybridized carbons (Fsp3) is 0.381. The second kappa shape index (κ2) is 9.49. The highest BCUT2D eigenvalue weighted by molar-refractivity contribution is 7.91.